The third-order valence-electron chi connectivity index (χ3n) is 1.78. The highest BCUT2D eigenvalue weighted by Gasteiger charge is 2.19. The van der Waals surface area contributed by atoms with Crippen molar-refractivity contribution in [1.29, 1.82) is 0 Å². The van der Waals surface area contributed by atoms with Gasteiger partial charge < -0.3 is 10.5 Å². The van der Waals surface area contributed by atoms with Gasteiger partial charge in [0.25, 0.3) is 10.0 Å². The monoisotopic (exact) mass is 269 g/mol. The molecule has 0 aromatic carbocycles. The molecule has 8 heteroatoms. The second-order valence-electron chi connectivity index (χ2n) is 3.28. The molecule has 94 valence electrons. The van der Waals surface area contributed by atoms with Crippen LogP contribution in [0.25, 0.3) is 0 Å². The average Bonchev–Trinajstić information content (AvgIpc) is 2.63. The third kappa shape index (κ3) is 3.36. The van der Waals surface area contributed by atoms with Crippen LogP contribution in [0.1, 0.15) is 13.8 Å². The van der Waals surface area contributed by atoms with E-state index in [1.165, 1.54) is 12.4 Å². The maximum Gasteiger partial charge on any atom is 0.256 e. The average molecular weight is 270 g/mol. The van der Waals surface area contributed by atoms with E-state index in [0.717, 1.165) is 4.09 Å². The van der Waals surface area contributed by atoms with Crippen molar-refractivity contribution >= 4 is 22.4 Å². The first-order chi connectivity index (χ1) is 6.98. The van der Waals surface area contributed by atoms with Crippen molar-refractivity contribution in [1.82, 2.24) is 9.19 Å². The Morgan fingerprint density at radius 3 is 2.69 bits per heavy atom. The molecule has 0 aliphatic carbocycles. The number of hydrogen-bond acceptors (Lipinski definition) is 5. The second kappa shape index (κ2) is 6.07. The quantitative estimate of drug-likeness (QED) is 0.827. The van der Waals surface area contributed by atoms with Gasteiger partial charge in [-0.2, -0.15) is 9.19 Å². The standard InChI is InChI=1S/C8H15N3O3S.ClH/c1-7(2)15(12,13)11-6-8(5-10-11)14-4-3-9;/h5-7H,3-4,9H2,1-2H3;1H. The van der Waals surface area contributed by atoms with E-state index in [2.05, 4.69) is 5.10 Å². The number of aromatic nitrogens is 2. The van der Waals surface area contributed by atoms with Gasteiger partial charge in [-0.05, 0) is 13.8 Å². The summed E-state index contributed by atoms with van der Waals surface area (Å²) < 4.78 is 29.3. The highest BCUT2D eigenvalue weighted by molar-refractivity contribution is 7.90. The van der Waals surface area contributed by atoms with Gasteiger partial charge in [-0.25, -0.2) is 8.42 Å². The predicted molar refractivity (Wildman–Crippen MR) is 63.5 cm³/mol. The zero-order valence-corrected chi connectivity index (χ0v) is 10.8. The first-order valence-corrected chi connectivity index (χ1v) is 6.10. The summed E-state index contributed by atoms with van der Waals surface area (Å²) in [6, 6.07) is 0. The molecule has 0 aliphatic rings. The van der Waals surface area contributed by atoms with Gasteiger partial charge in [0, 0.05) is 6.54 Å². The van der Waals surface area contributed by atoms with E-state index in [1.54, 1.807) is 13.8 Å². The molecule has 2 N–H and O–H groups in total. The Bertz CT molecular complexity index is 416. The number of rotatable bonds is 5. The number of halogens is 1. The van der Waals surface area contributed by atoms with Gasteiger partial charge in [0.2, 0.25) is 0 Å². The van der Waals surface area contributed by atoms with Gasteiger partial charge in [-0.1, -0.05) is 0 Å². The molecule has 1 heterocycles. The Labute approximate surface area is 101 Å². The van der Waals surface area contributed by atoms with Crippen molar-refractivity contribution in [2.24, 2.45) is 5.73 Å². The molecule has 0 atom stereocenters. The SMILES string of the molecule is CC(C)S(=O)(=O)n1cc(OCCN)cn1.Cl. The fraction of sp³-hybridized carbons (Fsp3) is 0.625. The Kier molecular flexibility index (Phi) is 5.77. The summed E-state index contributed by atoms with van der Waals surface area (Å²) in [7, 11) is -3.39. The summed E-state index contributed by atoms with van der Waals surface area (Å²) in [6.45, 7) is 3.91. The molecule has 1 aromatic rings. The zero-order chi connectivity index (χ0) is 11.5. The maximum absolute atomic E-state index is 11.6. The Morgan fingerprint density at radius 1 is 1.56 bits per heavy atom. The van der Waals surface area contributed by atoms with E-state index in [1.807, 2.05) is 0 Å². The summed E-state index contributed by atoms with van der Waals surface area (Å²) in [5, 5.41) is 3.21. The lowest BCUT2D eigenvalue weighted by Gasteiger charge is -2.06. The molecular weight excluding hydrogens is 254 g/mol. The lowest BCUT2D eigenvalue weighted by atomic mass is 10.6. The summed E-state index contributed by atoms with van der Waals surface area (Å²) in [5.74, 6) is 0.407. The maximum atomic E-state index is 11.6. The molecule has 0 bridgehead atoms. The third-order valence-corrected chi connectivity index (χ3v) is 3.69. The van der Waals surface area contributed by atoms with Gasteiger partial charge >= 0.3 is 0 Å². The van der Waals surface area contributed by atoms with Crippen LogP contribution in [0.4, 0.5) is 0 Å². The Morgan fingerprint density at radius 2 is 2.19 bits per heavy atom. The van der Waals surface area contributed by atoms with E-state index < -0.39 is 15.3 Å². The van der Waals surface area contributed by atoms with E-state index in [4.69, 9.17) is 10.5 Å². The first-order valence-electron chi connectivity index (χ1n) is 4.60. The molecule has 6 nitrogen and oxygen atoms in total. The molecular formula is C8H16ClN3O3S. The number of nitrogens with zero attached hydrogens (tertiary/aromatic N) is 2. The number of nitrogens with two attached hydrogens (primary N) is 1. The number of ether oxygens (including phenoxy) is 1. The summed E-state index contributed by atoms with van der Waals surface area (Å²) in [6.07, 6.45) is 2.70. The largest absolute Gasteiger partial charge is 0.489 e. The van der Waals surface area contributed by atoms with Crippen LogP contribution < -0.4 is 10.5 Å². The zero-order valence-electron chi connectivity index (χ0n) is 9.16. The van der Waals surface area contributed by atoms with Crippen LogP contribution >= 0.6 is 12.4 Å². The van der Waals surface area contributed by atoms with Crippen LogP contribution in [-0.4, -0.2) is 36.0 Å². The Balaban J connectivity index is 0.00000225. The van der Waals surface area contributed by atoms with Gasteiger partial charge in [-0.3, -0.25) is 0 Å². The molecule has 0 amide bonds. The fourth-order valence-corrected chi connectivity index (χ4v) is 1.76. The number of hydrogen-bond donors (Lipinski definition) is 1. The summed E-state index contributed by atoms with van der Waals surface area (Å²) in [4.78, 5) is 0. The molecule has 0 unspecified atom stereocenters. The fourth-order valence-electron chi connectivity index (χ4n) is 0.896. The topological polar surface area (TPSA) is 87.2 Å². The normalized spacial score (nSPS) is 11.2. The van der Waals surface area contributed by atoms with Crippen molar-refractivity contribution in [2.45, 2.75) is 19.1 Å². The van der Waals surface area contributed by atoms with E-state index >= 15 is 0 Å². The van der Waals surface area contributed by atoms with Crippen molar-refractivity contribution in [2.75, 3.05) is 13.2 Å². The molecule has 1 aromatic heterocycles. The molecule has 0 aliphatic heterocycles. The minimum absolute atomic E-state index is 0. The highest BCUT2D eigenvalue weighted by Crippen LogP contribution is 2.12. The van der Waals surface area contributed by atoms with Crippen LogP contribution in [0.5, 0.6) is 5.75 Å². The second-order valence-corrected chi connectivity index (χ2v) is 5.63. The van der Waals surface area contributed by atoms with Crippen molar-refractivity contribution < 1.29 is 13.2 Å². The minimum atomic E-state index is -3.39. The van der Waals surface area contributed by atoms with Gasteiger partial charge in [0.1, 0.15) is 6.61 Å². The molecule has 0 saturated heterocycles. The molecule has 0 saturated carbocycles. The van der Waals surface area contributed by atoms with Crippen LogP contribution in [0.2, 0.25) is 0 Å². The van der Waals surface area contributed by atoms with E-state index in [0.29, 0.717) is 18.9 Å². The van der Waals surface area contributed by atoms with E-state index in [-0.39, 0.29) is 12.4 Å². The lowest BCUT2D eigenvalue weighted by Crippen LogP contribution is -2.22. The minimum Gasteiger partial charge on any atom is -0.489 e. The van der Waals surface area contributed by atoms with Crippen LogP contribution in [0, 0.1) is 0 Å². The first kappa shape index (κ1) is 15.2. The van der Waals surface area contributed by atoms with Crippen LogP contribution in [0.15, 0.2) is 12.4 Å². The molecule has 0 spiro atoms. The van der Waals surface area contributed by atoms with Crippen molar-refractivity contribution in [3.63, 3.8) is 0 Å². The van der Waals surface area contributed by atoms with E-state index in [9.17, 15) is 8.42 Å². The Hall–Kier alpha value is -0.790. The molecule has 16 heavy (non-hydrogen) atoms. The van der Waals surface area contributed by atoms with Gasteiger partial charge in [0.15, 0.2) is 5.75 Å². The summed E-state index contributed by atoms with van der Waals surface area (Å²) in [5.41, 5.74) is 5.25. The van der Waals surface area contributed by atoms with Crippen molar-refractivity contribution in [3.05, 3.63) is 12.4 Å². The van der Waals surface area contributed by atoms with Crippen LogP contribution in [-0.2, 0) is 10.0 Å². The lowest BCUT2D eigenvalue weighted by molar-refractivity contribution is 0.328. The molecule has 1 rings (SSSR count). The van der Waals surface area contributed by atoms with Crippen molar-refractivity contribution in [3.8, 4) is 5.75 Å². The van der Waals surface area contributed by atoms with Gasteiger partial charge in [0.05, 0.1) is 17.6 Å². The van der Waals surface area contributed by atoms with Gasteiger partial charge in [-0.15, -0.1) is 12.4 Å². The molecule has 0 radical (unpaired) electrons. The predicted octanol–water partition coefficient (Wildman–Crippen LogP) is 0.229. The smallest absolute Gasteiger partial charge is 0.256 e. The van der Waals surface area contributed by atoms with Crippen LogP contribution in [0.3, 0.4) is 0 Å². The highest BCUT2D eigenvalue weighted by atomic mass is 35.5. The molecule has 0 fully saturated rings. The summed E-state index contributed by atoms with van der Waals surface area (Å²) >= 11 is 0.